The number of furan rings is 1. The van der Waals surface area contributed by atoms with Gasteiger partial charge in [-0.1, -0.05) is 0 Å². The number of hydrogen-bond acceptors (Lipinski definition) is 5. The first-order valence-corrected chi connectivity index (χ1v) is 11.2. The van der Waals surface area contributed by atoms with Gasteiger partial charge >= 0.3 is 169 Å². The summed E-state index contributed by atoms with van der Waals surface area (Å²) in [7, 11) is 0. The van der Waals surface area contributed by atoms with Gasteiger partial charge in [-0.3, -0.25) is 0 Å². The Morgan fingerprint density at radius 2 is 2.04 bits per heavy atom. The van der Waals surface area contributed by atoms with Gasteiger partial charge < -0.3 is 0 Å². The molecule has 2 heterocycles. The first-order valence-electron chi connectivity index (χ1n) is 9.11. The van der Waals surface area contributed by atoms with Crippen LogP contribution in [0.3, 0.4) is 0 Å². The van der Waals surface area contributed by atoms with Crippen molar-refractivity contribution >= 4 is 26.5 Å². The molecule has 2 aliphatic rings. The minimum atomic E-state index is -0.479. The summed E-state index contributed by atoms with van der Waals surface area (Å²) < 4.78 is 6.36. The van der Waals surface area contributed by atoms with Crippen molar-refractivity contribution in [2.24, 2.45) is 0 Å². The van der Waals surface area contributed by atoms with E-state index in [4.69, 9.17) is 4.42 Å². The zero-order valence-corrected chi connectivity index (χ0v) is 16.8. The Bertz CT molecular complexity index is 1010. The van der Waals surface area contributed by atoms with Crippen molar-refractivity contribution in [2.45, 2.75) is 30.5 Å². The number of benzene rings is 1. The molecular formula is C22H18N2O3Se. The quantitative estimate of drug-likeness (QED) is 0.570. The Morgan fingerprint density at radius 3 is 2.75 bits per heavy atom. The average Bonchev–Trinajstić information content (AvgIpc) is 3.26. The molecule has 0 fully saturated rings. The summed E-state index contributed by atoms with van der Waals surface area (Å²) in [6.07, 6.45) is 3.61. The predicted octanol–water partition coefficient (Wildman–Crippen LogP) is 3.71. The summed E-state index contributed by atoms with van der Waals surface area (Å²) in [6, 6.07) is 15.0. The van der Waals surface area contributed by atoms with Gasteiger partial charge in [0.1, 0.15) is 0 Å². The minimum absolute atomic E-state index is 0.0567. The normalized spacial score (nSPS) is 19.1. The van der Waals surface area contributed by atoms with Gasteiger partial charge in [0, 0.05) is 0 Å². The molecule has 1 aromatic carbocycles. The molecule has 0 saturated heterocycles. The Labute approximate surface area is 169 Å². The topological polar surface area (TPSA) is 83.1 Å². The van der Waals surface area contributed by atoms with E-state index >= 15 is 0 Å². The number of carbonyl (C=O) groups excluding carboxylic acids is 2. The Morgan fingerprint density at radius 1 is 1.21 bits per heavy atom. The number of dihydropyridines is 1. The Kier molecular flexibility index (Phi) is 5.29. The van der Waals surface area contributed by atoms with E-state index in [0.29, 0.717) is 34.2 Å². The number of Topliss-reactive ketones (excluding diaryl/α,β-unsaturated/α-hetero) is 2. The SMILES string of the molecule is N#CC1=C([Se]CC(=O)c2ccccc2)NC2=C(C(=O)CCC2)C1c1ccco1. The molecule has 0 amide bonds. The fourth-order valence-corrected chi connectivity index (χ4v) is 5.63. The molecule has 1 atom stereocenters. The third-order valence-corrected chi connectivity index (χ3v) is 7.07. The van der Waals surface area contributed by atoms with Gasteiger partial charge in [0.05, 0.1) is 0 Å². The van der Waals surface area contributed by atoms with Gasteiger partial charge in [-0.2, -0.15) is 0 Å². The molecule has 0 radical (unpaired) electrons. The number of ketones is 2. The number of allylic oxidation sites excluding steroid dienone is 3. The maximum absolute atomic E-state index is 12.6. The van der Waals surface area contributed by atoms with E-state index in [-0.39, 0.29) is 26.5 Å². The van der Waals surface area contributed by atoms with Crippen molar-refractivity contribution in [3.8, 4) is 6.07 Å². The van der Waals surface area contributed by atoms with Crippen molar-refractivity contribution in [1.82, 2.24) is 5.32 Å². The molecule has 28 heavy (non-hydrogen) atoms. The zero-order chi connectivity index (χ0) is 19.5. The second kappa shape index (κ2) is 8.02. The van der Waals surface area contributed by atoms with Crippen LogP contribution < -0.4 is 5.32 Å². The predicted molar refractivity (Wildman–Crippen MR) is 104 cm³/mol. The second-order valence-corrected chi connectivity index (χ2v) is 8.74. The summed E-state index contributed by atoms with van der Waals surface area (Å²) in [5.41, 5.74) is 2.69. The molecule has 0 saturated carbocycles. The Hall–Kier alpha value is -2.87. The van der Waals surface area contributed by atoms with Crippen LogP contribution in [0.15, 0.2) is 74.6 Å². The van der Waals surface area contributed by atoms with E-state index < -0.39 is 5.92 Å². The number of nitrogens with zero attached hydrogens (tertiary/aromatic N) is 1. The second-order valence-electron chi connectivity index (χ2n) is 6.67. The van der Waals surface area contributed by atoms with Gasteiger partial charge in [-0.15, -0.1) is 0 Å². The third-order valence-electron chi connectivity index (χ3n) is 4.93. The maximum atomic E-state index is 12.6. The number of nitrogens with one attached hydrogen (secondary N) is 1. The summed E-state index contributed by atoms with van der Waals surface area (Å²) in [4.78, 5) is 25.2. The number of rotatable bonds is 5. The molecule has 4 rings (SSSR count). The molecule has 140 valence electrons. The van der Waals surface area contributed by atoms with E-state index in [2.05, 4.69) is 11.4 Å². The molecule has 6 heteroatoms. The van der Waals surface area contributed by atoms with Crippen LogP contribution in [-0.4, -0.2) is 26.5 Å². The van der Waals surface area contributed by atoms with Crippen molar-refractivity contribution in [2.75, 3.05) is 0 Å². The molecule has 1 unspecified atom stereocenters. The summed E-state index contributed by atoms with van der Waals surface area (Å²) in [5.74, 6) is 0.243. The van der Waals surface area contributed by atoms with Crippen molar-refractivity contribution < 1.29 is 14.0 Å². The van der Waals surface area contributed by atoms with Crippen molar-refractivity contribution in [3.05, 3.63) is 81.5 Å². The van der Waals surface area contributed by atoms with Crippen molar-refractivity contribution in [1.29, 1.82) is 5.26 Å². The van der Waals surface area contributed by atoms with Crippen LogP contribution in [0.5, 0.6) is 0 Å². The van der Waals surface area contributed by atoms with Gasteiger partial charge in [0.2, 0.25) is 0 Å². The van der Waals surface area contributed by atoms with Gasteiger partial charge in [-0.25, -0.2) is 0 Å². The molecule has 0 spiro atoms. The van der Waals surface area contributed by atoms with Gasteiger partial charge in [0.15, 0.2) is 0 Å². The van der Waals surface area contributed by atoms with E-state index in [9.17, 15) is 14.9 Å². The molecule has 1 aliphatic heterocycles. The third kappa shape index (κ3) is 3.47. The van der Waals surface area contributed by atoms with Crippen LogP contribution in [0.2, 0.25) is 5.32 Å². The summed E-state index contributed by atoms with van der Waals surface area (Å²) in [5, 5.41) is 13.6. The van der Waals surface area contributed by atoms with E-state index in [1.807, 2.05) is 18.2 Å². The fourth-order valence-electron chi connectivity index (χ4n) is 3.62. The fraction of sp³-hybridized carbons (Fsp3) is 0.227. The standard InChI is InChI=1S/C22H18N2O3Se/c23-12-15-20(19-10-5-11-27-19)21-16(8-4-9-17(21)25)24-22(15)28-13-18(26)14-6-2-1-3-7-14/h1-3,5-7,10-11,20,24H,4,8-9,13H2. The number of hydrogen-bond donors (Lipinski definition) is 1. The molecule has 1 aliphatic carbocycles. The molecule has 1 aromatic heterocycles. The van der Waals surface area contributed by atoms with Gasteiger partial charge in [-0.05, 0) is 0 Å². The van der Waals surface area contributed by atoms with Crippen LogP contribution in [-0.2, 0) is 4.79 Å². The van der Waals surface area contributed by atoms with Gasteiger partial charge in [0.25, 0.3) is 0 Å². The monoisotopic (exact) mass is 438 g/mol. The molecule has 5 nitrogen and oxygen atoms in total. The average molecular weight is 437 g/mol. The van der Waals surface area contributed by atoms with Crippen LogP contribution in [0.1, 0.15) is 41.3 Å². The molecule has 2 aromatic rings. The van der Waals surface area contributed by atoms with Crippen LogP contribution in [0, 0.1) is 11.3 Å². The van der Waals surface area contributed by atoms with E-state index in [1.165, 1.54) is 0 Å². The van der Waals surface area contributed by atoms with Crippen molar-refractivity contribution in [3.63, 3.8) is 0 Å². The van der Waals surface area contributed by atoms with Crippen LogP contribution >= 0.6 is 0 Å². The zero-order valence-electron chi connectivity index (χ0n) is 15.1. The number of carbonyl (C=O) groups is 2. The summed E-state index contributed by atoms with van der Waals surface area (Å²) >= 11 is -0.248. The van der Waals surface area contributed by atoms with Crippen LogP contribution in [0.4, 0.5) is 0 Å². The molecule has 0 bridgehead atoms. The van der Waals surface area contributed by atoms with E-state index in [1.54, 1.807) is 30.5 Å². The van der Waals surface area contributed by atoms with E-state index in [0.717, 1.165) is 23.1 Å². The summed E-state index contributed by atoms with van der Waals surface area (Å²) in [6.45, 7) is 0. The first-order chi connectivity index (χ1) is 13.7. The first kappa shape index (κ1) is 18.5. The Balaban J connectivity index is 1.66. The van der Waals surface area contributed by atoms with Crippen LogP contribution in [0.25, 0.3) is 0 Å². The molecule has 1 N–H and O–H groups in total. The molecular weight excluding hydrogens is 419 g/mol. The number of nitriles is 1.